The lowest BCUT2D eigenvalue weighted by atomic mass is 10.2. The van der Waals surface area contributed by atoms with Crippen molar-refractivity contribution >= 4 is 40.5 Å². The van der Waals surface area contributed by atoms with E-state index in [4.69, 9.17) is 11.6 Å². The Balaban J connectivity index is 1.95. The lowest BCUT2D eigenvalue weighted by Crippen LogP contribution is -2.32. The van der Waals surface area contributed by atoms with Gasteiger partial charge >= 0.3 is 0 Å². The average Bonchev–Trinajstić information content (AvgIpc) is 2.80. The molecule has 1 heterocycles. The normalized spacial score (nSPS) is 14.2. The minimum atomic E-state index is -0.815. The van der Waals surface area contributed by atoms with Gasteiger partial charge in [-0.05, 0) is 18.2 Å². The van der Waals surface area contributed by atoms with Crippen LogP contribution in [-0.2, 0) is 9.59 Å². The van der Waals surface area contributed by atoms with Crippen LogP contribution in [0.25, 0.3) is 0 Å². The van der Waals surface area contributed by atoms with E-state index < -0.39 is 16.7 Å². The molecule has 0 aliphatic carbocycles. The fourth-order valence-corrected chi connectivity index (χ4v) is 2.52. The van der Waals surface area contributed by atoms with Crippen molar-refractivity contribution in [2.24, 2.45) is 0 Å². The maximum atomic E-state index is 12.6. The Morgan fingerprint density at radius 3 is 2.48 bits per heavy atom. The fraction of sp³-hybridized carbons (Fsp3) is 0. The third kappa shape index (κ3) is 2.90. The van der Waals surface area contributed by atoms with Crippen molar-refractivity contribution in [3.05, 3.63) is 69.4 Å². The van der Waals surface area contributed by atoms with Gasteiger partial charge in [0, 0.05) is 12.1 Å². The number of nitro benzene ring substituents is 1. The fourth-order valence-electron chi connectivity index (χ4n) is 2.31. The lowest BCUT2D eigenvalue weighted by molar-refractivity contribution is -0.384. The molecule has 3 rings (SSSR count). The van der Waals surface area contributed by atoms with Crippen molar-refractivity contribution < 1.29 is 19.6 Å². The summed E-state index contributed by atoms with van der Waals surface area (Å²) in [6.45, 7) is 0. The Morgan fingerprint density at radius 1 is 1.08 bits per heavy atom. The van der Waals surface area contributed by atoms with E-state index in [1.165, 1.54) is 30.3 Å². The molecule has 25 heavy (non-hydrogen) atoms. The zero-order valence-corrected chi connectivity index (χ0v) is 13.2. The number of phenols is 1. The highest BCUT2D eigenvalue weighted by Gasteiger charge is 2.39. The predicted octanol–water partition coefficient (Wildman–Crippen LogP) is 2.74. The summed E-state index contributed by atoms with van der Waals surface area (Å²) < 4.78 is 0. The first-order valence-corrected chi connectivity index (χ1v) is 7.36. The molecule has 0 bridgehead atoms. The molecule has 0 saturated heterocycles. The Labute approximate surface area is 146 Å². The molecule has 0 radical (unpaired) electrons. The van der Waals surface area contributed by atoms with Gasteiger partial charge in [-0.1, -0.05) is 29.8 Å². The van der Waals surface area contributed by atoms with Gasteiger partial charge in [-0.3, -0.25) is 19.7 Å². The van der Waals surface area contributed by atoms with Crippen LogP contribution >= 0.6 is 11.6 Å². The number of anilines is 2. The SMILES string of the molecule is O=C1C(Cl)=C(Nc2ccccc2O)C(=O)N1c1cccc([N+](=O)[O-])c1. The minimum Gasteiger partial charge on any atom is -0.506 e. The van der Waals surface area contributed by atoms with Crippen LogP contribution in [0.4, 0.5) is 17.1 Å². The van der Waals surface area contributed by atoms with E-state index in [9.17, 15) is 24.8 Å². The summed E-state index contributed by atoms with van der Waals surface area (Å²) in [5.74, 6) is -1.72. The number of phenolic OH excluding ortho intramolecular Hbond substituents is 1. The summed E-state index contributed by atoms with van der Waals surface area (Å²) in [5, 5.41) is 22.9. The van der Waals surface area contributed by atoms with Gasteiger partial charge in [0.2, 0.25) is 0 Å². The number of rotatable bonds is 4. The first kappa shape index (κ1) is 16.5. The summed E-state index contributed by atoms with van der Waals surface area (Å²) in [6, 6.07) is 11.2. The molecule has 2 amide bonds. The van der Waals surface area contributed by atoms with E-state index in [-0.39, 0.29) is 33.5 Å². The van der Waals surface area contributed by atoms with Crippen molar-refractivity contribution in [2.75, 3.05) is 10.2 Å². The predicted molar refractivity (Wildman–Crippen MR) is 90.2 cm³/mol. The molecular formula is C16H10ClN3O5. The zero-order valence-electron chi connectivity index (χ0n) is 12.5. The molecule has 0 aromatic heterocycles. The van der Waals surface area contributed by atoms with Crippen molar-refractivity contribution in [3.8, 4) is 5.75 Å². The Morgan fingerprint density at radius 2 is 1.80 bits per heavy atom. The standard InChI is InChI=1S/C16H10ClN3O5/c17-13-14(18-11-6-1-2-7-12(11)21)16(23)19(15(13)22)9-4-3-5-10(8-9)20(24)25/h1-8,18,21H. The molecule has 126 valence electrons. The quantitative estimate of drug-likeness (QED) is 0.375. The summed E-state index contributed by atoms with van der Waals surface area (Å²) >= 11 is 5.96. The van der Waals surface area contributed by atoms with E-state index in [0.29, 0.717) is 0 Å². The van der Waals surface area contributed by atoms with Crippen molar-refractivity contribution in [3.63, 3.8) is 0 Å². The van der Waals surface area contributed by atoms with Gasteiger partial charge in [-0.2, -0.15) is 0 Å². The van der Waals surface area contributed by atoms with Crippen molar-refractivity contribution in [1.82, 2.24) is 0 Å². The number of nitrogens with zero attached hydrogens (tertiary/aromatic N) is 2. The maximum Gasteiger partial charge on any atom is 0.283 e. The highest BCUT2D eigenvalue weighted by atomic mass is 35.5. The highest BCUT2D eigenvalue weighted by molar-refractivity contribution is 6.53. The zero-order chi connectivity index (χ0) is 18.1. The molecular weight excluding hydrogens is 350 g/mol. The van der Waals surface area contributed by atoms with Crippen LogP contribution in [0, 0.1) is 10.1 Å². The molecule has 2 aromatic rings. The van der Waals surface area contributed by atoms with Crippen LogP contribution in [0.3, 0.4) is 0 Å². The number of nitrogens with one attached hydrogen (secondary N) is 1. The van der Waals surface area contributed by atoms with E-state index in [0.717, 1.165) is 11.0 Å². The van der Waals surface area contributed by atoms with Crippen LogP contribution in [-0.4, -0.2) is 21.8 Å². The van der Waals surface area contributed by atoms with Crippen molar-refractivity contribution in [1.29, 1.82) is 0 Å². The minimum absolute atomic E-state index is 0.0245. The Kier molecular flexibility index (Phi) is 4.12. The maximum absolute atomic E-state index is 12.6. The largest absolute Gasteiger partial charge is 0.506 e. The third-order valence-corrected chi connectivity index (χ3v) is 3.84. The lowest BCUT2D eigenvalue weighted by Gasteiger charge is -2.15. The van der Waals surface area contributed by atoms with E-state index in [2.05, 4.69) is 5.32 Å². The second-order valence-electron chi connectivity index (χ2n) is 5.05. The smallest absolute Gasteiger partial charge is 0.283 e. The highest BCUT2D eigenvalue weighted by Crippen LogP contribution is 2.33. The number of para-hydroxylation sites is 2. The number of imide groups is 1. The second kappa shape index (κ2) is 6.25. The summed E-state index contributed by atoms with van der Waals surface area (Å²) in [4.78, 5) is 35.9. The number of benzene rings is 2. The molecule has 0 spiro atoms. The van der Waals surface area contributed by atoms with Crippen LogP contribution in [0.2, 0.25) is 0 Å². The van der Waals surface area contributed by atoms with Gasteiger partial charge < -0.3 is 10.4 Å². The van der Waals surface area contributed by atoms with Crippen LogP contribution in [0.1, 0.15) is 0 Å². The van der Waals surface area contributed by atoms with Crippen molar-refractivity contribution in [2.45, 2.75) is 0 Å². The number of hydrogen-bond donors (Lipinski definition) is 2. The number of halogens is 1. The van der Waals surface area contributed by atoms with Gasteiger partial charge in [0.15, 0.2) is 0 Å². The number of hydrogen-bond acceptors (Lipinski definition) is 6. The van der Waals surface area contributed by atoms with Gasteiger partial charge in [-0.15, -0.1) is 0 Å². The molecule has 1 aliphatic heterocycles. The van der Waals surface area contributed by atoms with Gasteiger partial charge in [0.25, 0.3) is 17.5 Å². The molecule has 0 saturated carbocycles. The topological polar surface area (TPSA) is 113 Å². The monoisotopic (exact) mass is 359 g/mol. The van der Waals surface area contributed by atoms with Gasteiger partial charge in [0.05, 0.1) is 16.3 Å². The molecule has 0 unspecified atom stereocenters. The number of non-ortho nitro benzene ring substituents is 1. The molecule has 2 aromatic carbocycles. The Hall–Kier alpha value is -3.39. The second-order valence-corrected chi connectivity index (χ2v) is 5.43. The molecule has 0 atom stereocenters. The number of carbonyl (C=O) groups excluding carboxylic acids is 2. The average molecular weight is 360 g/mol. The Bertz CT molecular complexity index is 941. The molecule has 2 N–H and O–H groups in total. The third-order valence-electron chi connectivity index (χ3n) is 3.49. The van der Waals surface area contributed by atoms with Gasteiger partial charge in [0.1, 0.15) is 16.5 Å². The summed E-state index contributed by atoms with van der Waals surface area (Å²) in [7, 11) is 0. The number of aromatic hydroxyl groups is 1. The number of nitro groups is 1. The molecule has 8 nitrogen and oxygen atoms in total. The first-order valence-electron chi connectivity index (χ1n) is 6.98. The van der Waals surface area contributed by atoms with E-state index in [1.807, 2.05) is 0 Å². The first-order chi connectivity index (χ1) is 11.9. The number of amides is 2. The summed E-state index contributed by atoms with van der Waals surface area (Å²) in [5.41, 5.74) is -0.273. The molecule has 9 heteroatoms. The van der Waals surface area contributed by atoms with Crippen LogP contribution < -0.4 is 10.2 Å². The van der Waals surface area contributed by atoms with Crippen LogP contribution in [0.5, 0.6) is 5.75 Å². The van der Waals surface area contributed by atoms with E-state index >= 15 is 0 Å². The van der Waals surface area contributed by atoms with E-state index in [1.54, 1.807) is 12.1 Å². The summed E-state index contributed by atoms with van der Waals surface area (Å²) in [6.07, 6.45) is 0. The number of carbonyl (C=O) groups is 2. The molecule has 0 fully saturated rings. The molecule has 1 aliphatic rings. The van der Waals surface area contributed by atoms with Crippen LogP contribution in [0.15, 0.2) is 59.3 Å². The van der Waals surface area contributed by atoms with Gasteiger partial charge in [-0.25, -0.2) is 4.90 Å².